The molecule has 1 aromatic carbocycles. The van der Waals surface area contributed by atoms with Crippen LogP contribution in [0.1, 0.15) is 11.9 Å². The number of hydrogen-bond acceptors (Lipinski definition) is 4. The maximum absolute atomic E-state index is 9.25. The van der Waals surface area contributed by atoms with Gasteiger partial charge in [-0.1, -0.05) is 0 Å². The van der Waals surface area contributed by atoms with Crippen LogP contribution in [0.25, 0.3) is 10.9 Å². The van der Waals surface area contributed by atoms with E-state index in [4.69, 9.17) is 10.2 Å². The summed E-state index contributed by atoms with van der Waals surface area (Å²) in [5, 5.41) is 27.9. The SMILES string of the molecule is Oc1ccc2nccc(C(O)O)c2c1. The van der Waals surface area contributed by atoms with E-state index < -0.39 is 6.29 Å². The van der Waals surface area contributed by atoms with Gasteiger partial charge in [-0.15, -0.1) is 0 Å². The number of pyridine rings is 1. The molecule has 2 rings (SSSR count). The van der Waals surface area contributed by atoms with Gasteiger partial charge >= 0.3 is 0 Å². The third kappa shape index (κ3) is 1.41. The Morgan fingerprint density at radius 1 is 1.14 bits per heavy atom. The molecule has 0 atom stereocenters. The Kier molecular flexibility index (Phi) is 2.07. The fraction of sp³-hybridized carbons (Fsp3) is 0.100. The largest absolute Gasteiger partial charge is 0.508 e. The average Bonchev–Trinajstić information content (AvgIpc) is 2.16. The molecule has 72 valence electrons. The number of hydrogen-bond donors (Lipinski definition) is 3. The summed E-state index contributed by atoms with van der Waals surface area (Å²) in [6.45, 7) is 0. The zero-order valence-corrected chi connectivity index (χ0v) is 7.25. The van der Waals surface area contributed by atoms with Crippen molar-refractivity contribution < 1.29 is 15.3 Å². The summed E-state index contributed by atoms with van der Waals surface area (Å²) in [6.07, 6.45) is -0.0592. The fourth-order valence-electron chi connectivity index (χ4n) is 1.38. The van der Waals surface area contributed by atoms with E-state index in [1.165, 1.54) is 24.4 Å². The lowest BCUT2D eigenvalue weighted by molar-refractivity contribution is -0.0413. The number of aliphatic hydroxyl groups is 2. The maximum Gasteiger partial charge on any atom is 0.179 e. The van der Waals surface area contributed by atoms with Gasteiger partial charge in [0.15, 0.2) is 6.29 Å². The normalized spacial score (nSPS) is 11.1. The highest BCUT2D eigenvalue weighted by atomic mass is 16.5. The second kappa shape index (κ2) is 3.25. The molecule has 0 bridgehead atoms. The van der Waals surface area contributed by atoms with Crippen molar-refractivity contribution in [1.82, 2.24) is 4.98 Å². The molecule has 3 N–H and O–H groups in total. The lowest BCUT2D eigenvalue weighted by Crippen LogP contribution is -1.96. The molecule has 14 heavy (non-hydrogen) atoms. The first-order chi connectivity index (χ1) is 6.68. The molecule has 0 amide bonds. The Labute approximate surface area is 80.1 Å². The number of nitrogens with zero attached hydrogens (tertiary/aromatic N) is 1. The first-order valence-corrected chi connectivity index (χ1v) is 4.12. The highest BCUT2D eigenvalue weighted by molar-refractivity contribution is 5.83. The maximum atomic E-state index is 9.25. The van der Waals surface area contributed by atoms with E-state index in [-0.39, 0.29) is 5.75 Å². The number of aliphatic hydroxyl groups excluding tert-OH is 1. The number of fused-ring (bicyclic) bond motifs is 1. The van der Waals surface area contributed by atoms with E-state index >= 15 is 0 Å². The van der Waals surface area contributed by atoms with Crippen LogP contribution in [0.4, 0.5) is 0 Å². The lowest BCUT2D eigenvalue weighted by atomic mass is 10.1. The molecule has 0 saturated carbocycles. The van der Waals surface area contributed by atoms with Gasteiger partial charge < -0.3 is 15.3 Å². The van der Waals surface area contributed by atoms with Gasteiger partial charge in [0.2, 0.25) is 0 Å². The van der Waals surface area contributed by atoms with Crippen molar-refractivity contribution in [3.05, 3.63) is 36.0 Å². The predicted octanol–water partition coefficient (Wildman–Crippen LogP) is 0.924. The smallest absolute Gasteiger partial charge is 0.179 e. The van der Waals surface area contributed by atoms with Crippen molar-refractivity contribution in [1.29, 1.82) is 0 Å². The molecule has 0 aliphatic rings. The summed E-state index contributed by atoms with van der Waals surface area (Å²) in [5.74, 6) is 0.0763. The van der Waals surface area contributed by atoms with E-state index in [2.05, 4.69) is 4.98 Å². The molecule has 0 fully saturated rings. The molecule has 0 unspecified atom stereocenters. The Hall–Kier alpha value is -1.65. The van der Waals surface area contributed by atoms with Crippen LogP contribution in [0.15, 0.2) is 30.5 Å². The number of benzene rings is 1. The van der Waals surface area contributed by atoms with Gasteiger partial charge in [0.25, 0.3) is 0 Å². The monoisotopic (exact) mass is 191 g/mol. The molecule has 0 spiro atoms. The summed E-state index contributed by atoms with van der Waals surface area (Å²) in [6, 6.07) is 6.09. The minimum Gasteiger partial charge on any atom is -0.508 e. The van der Waals surface area contributed by atoms with E-state index in [1.54, 1.807) is 6.07 Å². The van der Waals surface area contributed by atoms with Crippen molar-refractivity contribution in [3.8, 4) is 5.75 Å². The third-order valence-corrected chi connectivity index (χ3v) is 2.04. The van der Waals surface area contributed by atoms with Crippen LogP contribution in [0.5, 0.6) is 5.75 Å². The highest BCUT2D eigenvalue weighted by Gasteiger charge is 2.08. The Bertz CT molecular complexity index is 468. The highest BCUT2D eigenvalue weighted by Crippen LogP contribution is 2.24. The zero-order chi connectivity index (χ0) is 10.1. The predicted molar refractivity (Wildman–Crippen MR) is 50.6 cm³/mol. The van der Waals surface area contributed by atoms with Crippen LogP contribution >= 0.6 is 0 Å². The third-order valence-electron chi connectivity index (χ3n) is 2.04. The molecular weight excluding hydrogens is 182 g/mol. The van der Waals surface area contributed by atoms with Gasteiger partial charge in [-0.2, -0.15) is 0 Å². The topological polar surface area (TPSA) is 73.6 Å². The lowest BCUT2D eigenvalue weighted by Gasteiger charge is -2.07. The molecule has 1 heterocycles. The van der Waals surface area contributed by atoms with Gasteiger partial charge in [0.05, 0.1) is 5.52 Å². The summed E-state index contributed by atoms with van der Waals surface area (Å²) in [5.41, 5.74) is 0.958. The fourth-order valence-corrected chi connectivity index (χ4v) is 1.38. The molecule has 4 heteroatoms. The molecule has 0 saturated heterocycles. The van der Waals surface area contributed by atoms with E-state index in [1.807, 2.05) is 0 Å². The second-order valence-electron chi connectivity index (χ2n) is 2.98. The van der Waals surface area contributed by atoms with Gasteiger partial charge in [0.1, 0.15) is 5.75 Å². The molecule has 0 radical (unpaired) electrons. The first kappa shape index (κ1) is 8.93. The molecule has 2 aromatic rings. The minimum absolute atomic E-state index is 0.0763. The average molecular weight is 191 g/mol. The number of aromatic hydroxyl groups is 1. The number of rotatable bonds is 1. The van der Waals surface area contributed by atoms with Gasteiger partial charge in [0, 0.05) is 17.1 Å². The van der Waals surface area contributed by atoms with Crippen LogP contribution < -0.4 is 0 Å². The summed E-state index contributed by atoms with van der Waals surface area (Å²) < 4.78 is 0. The standard InChI is InChI=1S/C10H9NO3/c12-6-1-2-9-8(5-6)7(10(13)14)3-4-11-9/h1-5,10,12-14H. The zero-order valence-electron chi connectivity index (χ0n) is 7.25. The quantitative estimate of drug-likeness (QED) is 0.586. The number of phenols is 1. The molecule has 4 nitrogen and oxygen atoms in total. The summed E-state index contributed by atoms with van der Waals surface area (Å²) in [4.78, 5) is 4.03. The Morgan fingerprint density at radius 3 is 2.64 bits per heavy atom. The summed E-state index contributed by atoms with van der Waals surface area (Å²) >= 11 is 0. The van der Waals surface area contributed by atoms with Gasteiger partial charge in [-0.05, 0) is 24.3 Å². The first-order valence-electron chi connectivity index (χ1n) is 4.12. The molecular formula is C10H9NO3. The van der Waals surface area contributed by atoms with Crippen molar-refractivity contribution in [3.63, 3.8) is 0 Å². The van der Waals surface area contributed by atoms with E-state index in [0.717, 1.165) is 0 Å². The van der Waals surface area contributed by atoms with Gasteiger partial charge in [-0.25, -0.2) is 0 Å². The second-order valence-corrected chi connectivity index (χ2v) is 2.98. The van der Waals surface area contributed by atoms with Crippen molar-refractivity contribution >= 4 is 10.9 Å². The van der Waals surface area contributed by atoms with Gasteiger partial charge in [-0.3, -0.25) is 4.98 Å². The van der Waals surface area contributed by atoms with E-state index in [0.29, 0.717) is 16.5 Å². The van der Waals surface area contributed by atoms with Crippen molar-refractivity contribution in [2.45, 2.75) is 6.29 Å². The molecule has 1 aromatic heterocycles. The summed E-state index contributed by atoms with van der Waals surface area (Å²) in [7, 11) is 0. The molecule has 0 aliphatic carbocycles. The minimum atomic E-state index is -1.55. The van der Waals surface area contributed by atoms with Crippen LogP contribution in [-0.4, -0.2) is 20.3 Å². The van der Waals surface area contributed by atoms with Crippen LogP contribution in [0.3, 0.4) is 0 Å². The Morgan fingerprint density at radius 2 is 1.93 bits per heavy atom. The van der Waals surface area contributed by atoms with Crippen LogP contribution in [0, 0.1) is 0 Å². The Balaban J connectivity index is 2.77. The van der Waals surface area contributed by atoms with Crippen molar-refractivity contribution in [2.24, 2.45) is 0 Å². The number of aromatic nitrogens is 1. The van der Waals surface area contributed by atoms with E-state index in [9.17, 15) is 5.11 Å². The van der Waals surface area contributed by atoms with Crippen LogP contribution in [0.2, 0.25) is 0 Å². The van der Waals surface area contributed by atoms with Crippen LogP contribution in [-0.2, 0) is 0 Å². The molecule has 0 aliphatic heterocycles. The van der Waals surface area contributed by atoms with Crippen molar-refractivity contribution in [2.75, 3.05) is 0 Å². The number of phenolic OH excluding ortho intramolecular Hbond substituents is 1.